The molecule has 0 saturated heterocycles. The van der Waals surface area contributed by atoms with Crippen molar-refractivity contribution in [3.8, 4) is 11.5 Å². The summed E-state index contributed by atoms with van der Waals surface area (Å²) >= 11 is 0. The molecular weight excluding hydrogens is 244 g/mol. The fraction of sp³-hybridized carbons (Fsp3) is 0.333. The summed E-state index contributed by atoms with van der Waals surface area (Å²) in [5.41, 5.74) is -0.628. The lowest BCUT2D eigenvalue weighted by Gasteiger charge is -2.24. The van der Waals surface area contributed by atoms with Crippen LogP contribution in [0.1, 0.15) is 24.0 Å². The van der Waals surface area contributed by atoms with Crippen LogP contribution in [0, 0.1) is 6.92 Å². The highest BCUT2D eigenvalue weighted by Crippen LogP contribution is 2.37. The maximum atomic E-state index is 10.7. The van der Waals surface area contributed by atoms with Crippen LogP contribution in [0.2, 0.25) is 0 Å². The topological polar surface area (TPSA) is 51.8 Å². The quantitative estimate of drug-likeness (QED) is 0.920. The molecule has 0 bridgehead atoms. The smallest absolute Gasteiger partial charge is 0.148 e. The van der Waals surface area contributed by atoms with E-state index in [0.717, 1.165) is 5.76 Å². The molecule has 2 rings (SSSR count). The molecule has 0 aliphatic rings. The number of hydrogen-bond donors (Lipinski definition) is 1. The molecule has 1 unspecified atom stereocenters. The summed E-state index contributed by atoms with van der Waals surface area (Å²) in [6, 6.07) is 8.87. The third-order valence-corrected chi connectivity index (χ3v) is 3.15. The average Bonchev–Trinajstić information content (AvgIpc) is 2.85. The predicted molar refractivity (Wildman–Crippen MR) is 71.7 cm³/mol. The van der Waals surface area contributed by atoms with E-state index in [1.807, 2.05) is 13.0 Å². The normalized spacial score (nSPS) is 13.9. The van der Waals surface area contributed by atoms with E-state index in [1.54, 1.807) is 45.4 Å². The number of furan rings is 1. The molecule has 4 nitrogen and oxygen atoms in total. The summed E-state index contributed by atoms with van der Waals surface area (Å²) in [6.07, 6.45) is 0. The molecular formula is C15H18O4. The summed E-state index contributed by atoms with van der Waals surface area (Å²) in [4.78, 5) is 0. The second kappa shape index (κ2) is 4.97. The van der Waals surface area contributed by atoms with E-state index in [9.17, 15) is 5.11 Å². The Kier molecular flexibility index (Phi) is 3.53. The Balaban J connectivity index is 2.50. The summed E-state index contributed by atoms with van der Waals surface area (Å²) in [7, 11) is 3.14. The monoisotopic (exact) mass is 262 g/mol. The second-order valence-electron chi connectivity index (χ2n) is 4.55. The number of aryl methyl sites for hydroxylation is 1. The van der Waals surface area contributed by atoms with E-state index < -0.39 is 5.60 Å². The van der Waals surface area contributed by atoms with Crippen LogP contribution in [0.25, 0.3) is 0 Å². The van der Waals surface area contributed by atoms with Gasteiger partial charge in [-0.05, 0) is 38.1 Å². The Bertz CT molecular complexity index is 569. The van der Waals surface area contributed by atoms with Gasteiger partial charge in [0, 0.05) is 11.6 Å². The standard InChI is InChI=1S/C15H18O4/c1-10-5-8-14(19-10)15(2,16)12-7-6-11(17-3)9-13(12)18-4/h5-9,16H,1-4H3. The minimum atomic E-state index is -1.26. The van der Waals surface area contributed by atoms with Crippen molar-refractivity contribution in [3.05, 3.63) is 47.4 Å². The zero-order valence-electron chi connectivity index (χ0n) is 11.6. The van der Waals surface area contributed by atoms with Crippen molar-refractivity contribution < 1.29 is 19.0 Å². The van der Waals surface area contributed by atoms with Gasteiger partial charge in [-0.15, -0.1) is 0 Å². The van der Waals surface area contributed by atoms with Crippen LogP contribution in [0.5, 0.6) is 11.5 Å². The number of rotatable bonds is 4. The molecule has 0 aliphatic carbocycles. The zero-order chi connectivity index (χ0) is 14.0. The van der Waals surface area contributed by atoms with Crippen LogP contribution >= 0.6 is 0 Å². The van der Waals surface area contributed by atoms with E-state index in [0.29, 0.717) is 22.8 Å². The largest absolute Gasteiger partial charge is 0.497 e. The predicted octanol–water partition coefficient (Wildman–Crippen LogP) is 2.86. The van der Waals surface area contributed by atoms with Gasteiger partial charge in [-0.25, -0.2) is 0 Å². The van der Waals surface area contributed by atoms with Crippen LogP contribution in [-0.4, -0.2) is 19.3 Å². The van der Waals surface area contributed by atoms with Gasteiger partial charge in [0.1, 0.15) is 28.6 Å². The van der Waals surface area contributed by atoms with E-state index >= 15 is 0 Å². The molecule has 102 valence electrons. The van der Waals surface area contributed by atoms with E-state index in [2.05, 4.69) is 0 Å². The molecule has 4 heteroatoms. The van der Waals surface area contributed by atoms with Gasteiger partial charge in [-0.3, -0.25) is 0 Å². The first kappa shape index (κ1) is 13.5. The lowest BCUT2D eigenvalue weighted by molar-refractivity contribution is 0.0729. The summed E-state index contributed by atoms with van der Waals surface area (Å²) in [5.74, 6) is 2.46. The first-order valence-corrected chi connectivity index (χ1v) is 6.01. The van der Waals surface area contributed by atoms with Gasteiger partial charge < -0.3 is 19.0 Å². The highest BCUT2D eigenvalue weighted by molar-refractivity contribution is 5.46. The number of ether oxygens (including phenoxy) is 2. The molecule has 2 aromatic rings. The molecule has 1 heterocycles. The second-order valence-corrected chi connectivity index (χ2v) is 4.55. The lowest BCUT2D eigenvalue weighted by Crippen LogP contribution is -2.22. The van der Waals surface area contributed by atoms with Crippen molar-refractivity contribution in [1.29, 1.82) is 0 Å². The maximum absolute atomic E-state index is 10.7. The fourth-order valence-electron chi connectivity index (χ4n) is 2.03. The van der Waals surface area contributed by atoms with Gasteiger partial charge >= 0.3 is 0 Å². The third-order valence-electron chi connectivity index (χ3n) is 3.15. The van der Waals surface area contributed by atoms with Crippen molar-refractivity contribution >= 4 is 0 Å². The van der Waals surface area contributed by atoms with Gasteiger partial charge in [0.15, 0.2) is 0 Å². The van der Waals surface area contributed by atoms with Gasteiger partial charge in [-0.2, -0.15) is 0 Å². The number of hydrogen-bond acceptors (Lipinski definition) is 4. The molecule has 0 aliphatic heterocycles. The van der Waals surface area contributed by atoms with E-state index in [1.165, 1.54) is 0 Å². The van der Waals surface area contributed by atoms with Gasteiger partial charge in [0.25, 0.3) is 0 Å². The molecule has 0 fully saturated rings. The first-order valence-electron chi connectivity index (χ1n) is 6.01. The molecule has 1 aromatic heterocycles. The first-order chi connectivity index (χ1) is 8.98. The van der Waals surface area contributed by atoms with Gasteiger partial charge in [-0.1, -0.05) is 0 Å². The number of aliphatic hydroxyl groups is 1. The third kappa shape index (κ3) is 2.44. The van der Waals surface area contributed by atoms with Crippen molar-refractivity contribution in [2.75, 3.05) is 14.2 Å². The van der Waals surface area contributed by atoms with Gasteiger partial charge in [0.05, 0.1) is 14.2 Å². The van der Waals surface area contributed by atoms with Crippen molar-refractivity contribution in [1.82, 2.24) is 0 Å². The van der Waals surface area contributed by atoms with Crippen LogP contribution in [0.15, 0.2) is 34.7 Å². The van der Waals surface area contributed by atoms with E-state index in [4.69, 9.17) is 13.9 Å². The van der Waals surface area contributed by atoms with Gasteiger partial charge in [0.2, 0.25) is 0 Å². The Morgan fingerprint density at radius 3 is 2.37 bits per heavy atom. The Labute approximate surface area is 112 Å². The summed E-state index contributed by atoms with van der Waals surface area (Å²) in [6.45, 7) is 3.51. The van der Waals surface area contributed by atoms with Crippen molar-refractivity contribution in [3.63, 3.8) is 0 Å². The van der Waals surface area contributed by atoms with Crippen LogP contribution < -0.4 is 9.47 Å². The fourth-order valence-corrected chi connectivity index (χ4v) is 2.03. The summed E-state index contributed by atoms with van der Waals surface area (Å²) in [5, 5.41) is 10.7. The molecule has 0 radical (unpaired) electrons. The molecule has 19 heavy (non-hydrogen) atoms. The summed E-state index contributed by atoms with van der Waals surface area (Å²) < 4.78 is 16.0. The maximum Gasteiger partial charge on any atom is 0.148 e. The minimum Gasteiger partial charge on any atom is -0.497 e. The van der Waals surface area contributed by atoms with Crippen LogP contribution in [0.3, 0.4) is 0 Å². The van der Waals surface area contributed by atoms with Crippen molar-refractivity contribution in [2.24, 2.45) is 0 Å². The Hall–Kier alpha value is -1.94. The molecule has 1 aromatic carbocycles. The number of benzene rings is 1. The van der Waals surface area contributed by atoms with Crippen molar-refractivity contribution in [2.45, 2.75) is 19.4 Å². The average molecular weight is 262 g/mol. The van der Waals surface area contributed by atoms with Crippen LogP contribution in [0.4, 0.5) is 0 Å². The Morgan fingerprint density at radius 1 is 1.11 bits per heavy atom. The highest BCUT2D eigenvalue weighted by Gasteiger charge is 2.32. The zero-order valence-corrected chi connectivity index (χ0v) is 11.6. The molecule has 0 spiro atoms. The molecule has 1 N–H and O–H groups in total. The lowest BCUT2D eigenvalue weighted by atomic mass is 9.92. The minimum absolute atomic E-state index is 0.480. The molecule has 1 atom stereocenters. The van der Waals surface area contributed by atoms with E-state index in [-0.39, 0.29) is 0 Å². The van der Waals surface area contributed by atoms with Crippen LogP contribution in [-0.2, 0) is 5.60 Å². The number of methoxy groups -OCH3 is 2. The molecule has 0 saturated carbocycles. The molecule has 0 amide bonds. The SMILES string of the molecule is COc1ccc(C(C)(O)c2ccc(C)o2)c(OC)c1. The highest BCUT2D eigenvalue weighted by atomic mass is 16.5. The Morgan fingerprint density at radius 2 is 1.84 bits per heavy atom.